The summed E-state index contributed by atoms with van der Waals surface area (Å²) in [6, 6.07) is 4.29. The summed E-state index contributed by atoms with van der Waals surface area (Å²) < 4.78 is 0. The number of carbonyl (C=O) groups is 1. The zero-order valence-electron chi connectivity index (χ0n) is 15.6. The van der Waals surface area contributed by atoms with Crippen LogP contribution in [-0.4, -0.2) is 46.4 Å². The lowest BCUT2D eigenvalue weighted by molar-refractivity contribution is -0.135. The van der Waals surface area contributed by atoms with Gasteiger partial charge in [0.15, 0.2) is 0 Å². The van der Waals surface area contributed by atoms with Crippen molar-refractivity contribution in [3.8, 4) is 0 Å². The molecule has 0 radical (unpaired) electrons. The van der Waals surface area contributed by atoms with Crippen molar-refractivity contribution in [2.24, 2.45) is 5.92 Å². The SMILES string of the molecule is CCCN1CCC(CC(=O)N(Cc2ccncc2)[C@H](C)CC)CC1. The first kappa shape index (κ1) is 18.9. The number of hydrogen-bond acceptors (Lipinski definition) is 3. The molecule has 1 aromatic rings. The Balaban J connectivity index is 1.91. The van der Waals surface area contributed by atoms with Gasteiger partial charge in [0, 0.05) is 31.4 Å². The van der Waals surface area contributed by atoms with Gasteiger partial charge in [0.2, 0.25) is 5.91 Å². The molecule has 4 nitrogen and oxygen atoms in total. The van der Waals surface area contributed by atoms with Crippen LogP contribution in [0.1, 0.15) is 58.4 Å². The highest BCUT2D eigenvalue weighted by Gasteiger charge is 2.25. The summed E-state index contributed by atoms with van der Waals surface area (Å²) in [5.41, 5.74) is 1.16. The Morgan fingerprint density at radius 2 is 1.96 bits per heavy atom. The predicted molar refractivity (Wildman–Crippen MR) is 98.6 cm³/mol. The Morgan fingerprint density at radius 1 is 1.29 bits per heavy atom. The Labute approximate surface area is 147 Å². The predicted octanol–water partition coefficient (Wildman–Crippen LogP) is 3.72. The standard InChI is InChI=1S/C20H33N3O/c1-4-12-22-13-8-18(9-14-22)15-20(24)23(17(3)5-2)16-19-6-10-21-11-7-19/h6-7,10-11,17-18H,4-5,8-9,12-16H2,1-3H3/t17-/m1/s1. The highest BCUT2D eigenvalue weighted by Crippen LogP contribution is 2.23. The van der Waals surface area contributed by atoms with Crippen LogP contribution in [0.4, 0.5) is 0 Å². The van der Waals surface area contributed by atoms with E-state index in [1.165, 1.54) is 13.0 Å². The molecule has 0 aromatic carbocycles. The van der Waals surface area contributed by atoms with Crippen LogP contribution in [0, 0.1) is 5.92 Å². The lowest BCUT2D eigenvalue weighted by atomic mass is 9.92. The molecule has 1 aliphatic rings. The molecular weight excluding hydrogens is 298 g/mol. The fourth-order valence-corrected chi connectivity index (χ4v) is 3.49. The van der Waals surface area contributed by atoms with Gasteiger partial charge in [-0.15, -0.1) is 0 Å². The molecule has 134 valence electrons. The maximum Gasteiger partial charge on any atom is 0.223 e. The third kappa shape index (κ3) is 5.59. The summed E-state index contributed by atoms with van der Waals surface area (Å²) in [5, 5.41) is 0. The molecule has 24 heavy (non-hydrogen) atoms. The number of pyridine rings is 1. The monoisotopic (exact) mass is 331 g/mol. The first-order valence-electron chi connectivity index (χ1n) is 9.54. The zero-order valence-corrected chi connectivity index (χ0v) is 15.6. The lowest BCUT2D eigenvalue weighted by Gasteiger charge is -2.34. The second-order valence-electron chi connectivity index (χ2n) is 7.12. The average molecular weight is 332 g/mol. The number of hydrogen-bond donors (Lipinski definition) is 0. The van der Waals surface area contributed by atoms with Gasteiger partial charge in [-0.25, -0.2) is 0 Å². The van der Waals surface area contributed by atoms with Crippen molar-refractivity contribution in [2.45, 2.75) is 65.5 Å². The van der Waals surface area contributed by atoms with Crippen LogP contribution in [0.2, 0.25) is 0 Å². The maximum atomic E-state index is 12.9. The van der Waals surface area contributed by atoms with Crippen LogP contribution in [-0.2, 0) is 11.3 Å². The lowest BCUT2D eigenvalue weighted by Crippen LogP contribution is -2.40. The molecule has 1 amide bonds. The van der Waals surface area contributed by atoms with Gasteiger partial charge in [0.1, 0.15) is 0 Å². The highest BCUT2D eigenvalue weighted by atomic mass is 16.2. The summed E-state index contributed by atoms with van der Waals surface area (Å²) in [7, 11) is 0. The van der Waals surface area contributed by atoms with E-state index in [9.17, 15) is 4.79 Å². The van der Waals surface area contributed by atoms with Crippen LogP contribution in [0.15, 0.2) is 24.5 Å². The summed E-state index contributed by atoms with van der Waals surface area (Å²) in [6.45, 7) is 10.7. The van der Waals surface area contributed by atoms with Crippen molar-refractivity contribution in [1.82, 2.24) is 14.8 Å². The van der Waals surface area contributed by atoms with Gasteiger partial charge >= 0.3 is 0 Å². The molecule has 1 aliphatic heterocycles. The summed E-state index contributed by atoms with van der Waals surface area (Å²) in [5.74, 6) is 0.865. The third-order valence-electron chi connectivity index (χ3n) is 5.26. The van der Waals surface area contributed by atoms with Crippen LogP contribution in [0.25, 0.3) is 0 Å². The normalized spacial score (nSPS) is 17.6. The Morgan fingerprint density at radius 3 is 2.54 bits per heavy atom. The van der Waals surface area contributed by atoms with E-state index in [0.717, 1.165) is 37.9 Å². The smallest absolute Gasteiger partial charge is 0.223 e. The van der Waals surface area contributed by atoms with Crippen molar-refractivity contribution in [3.05, 3.63) is 30.1 Å². The number of likely N-dealkylation sites (tertiary alicyclic amines) is 1. The van der Waals surface area contributed by atoms with Crippen molar-refractivity contribution in [2.75, 3.05) is 19.6 Å². The van der Waals surface area contributed by atoms with E-state index in [4.69, 9.17) is 0 Å². The number of aromatic nitrogens is 1. The van der Waals surface area contributed by atoms with E-state index < -0.39 is 0 Å². The molecule has 1 atom stereocenters. The molecule has 4 heteroatoms. The number of piperidine rings is 1. The van der Waals surface area contributed by atoms with Gasteiger partial charge in [-0.2, -0.15) is 0 Å². The van der Waals surface area contributed by atoms with E-state index in [0.29, 0.717) is 24.8 Å². The van der Waals surface area contributed by atoms with Crippen molar-refractivity contribution in [1.29, 1.82) is 0 Å². The fraction of sp³-hybridized carbons (Fsp3) is 0.700. The second-order valence-corrected chi connectivity index (χ2v) is 7.12. The molecule has 2 heterocycles. The summed E-state index contributed by atoms with van der Waals surface area (Å²) in [4.78, 5) is 21.6. The quantitative estimate of drug-likeness (QED) is 0.728. The molecule has 0 spiro atoms. The number of carbonyl (C=O) groups excluding carboxylic acids is 1. The maximum absolute atomic E-state index is 12.9. The zero-order chi connectivity index (χ0) is 17.4. The summed E-state index contributed by atoms with van der Waals surface area (Å²) in [6.07, 6.45) is 8.85. The van der Waals surface area contributed by atoms with E-state index >= 15 is 0 Å². The molecule has 1 saturated heterocycles. The number of rotatable bonds is 8. The summed E-state index contributed by atoms with van der Waals surface area (Å²) >= 11 is 0. The fourth-order valence-electron chi connectivity index (χ4n) is 3.49. The van der Waals surface area contributed by atoms with Gasteiger partial charge < -0.3 is 9.80 Å². The van der Waals surface area contributed by atoms with Gasteiger partial charge in [-0.05, 0) is 75.9 Å². The molecular formula is C20H33N3O. The Hall–Kier alpha value is -1.42. The third-order valence-corrected chi connectivity index (χ3v) is 5.26. The minimum Gasteiger partial charge on any atom is -0.336 e. The molecule has 1 aromatic heterocycles. The van der Waals surface area contributed by atoms with Gasteiger partial charge in [0.25, 0.3) is 0 Å². The minimum atomic E-state index is 0.283. The molecule has 2 rings (SSSR count). The van der Waals surface area contributed by atoms with Crippen LogP contribution in [0.3, 0.4) is 0 Å². The molecule has 0 saturated carbocycles. The molecule has 0 N–H and O–H groups in total. The molecule has 1 fully saturated rings. The largest absolute Gasteiger partial charge is 0.336 e. The van der Waals surface area contributed by atoms with Crippen molar-refractivity contribution < 1.29 is 4.79 Å². The Kier molecular flexibility index (Phi) is 7.70. The van der Waals surface area contributed by atoms with E-state index in [-0.39, 0.29) is 6.04 Å². The minimum absolute atomic E-state index is 0.283. The van der Waals surface area contributed by atoms with Crippen LogP contribution in [0.5, 0.6) is 0 Å². The molecule has 0 unspecified atom stereocenters. The molecule has 0 bridgehead atoms. The average Bonchev–Trinajstić information content (AvgIpc) is 2.61. The van der Waals surface area contributed by atoms with Gasteiger partial charge in [-0.1, -0.05) is 13.8 Å². The van der Waals surface area contributed by atoms with Gasteiger partial charge in [-0.3, -0.25) is 9.78 Å². The van der Waals surface area contributed by atoms with Crippen molar-refractivity contribution in [3.63, 3.8) is 0 Å². The van der Waals surface area contributed by atoms with E-state index in [1.54, 1.807) is 12.4 Å². The number of nitrogens with zero attached hydrogens (tertiary/aromatic N) is 3. The molecule has 0 aliphatic carbocycles. The van der Waals surface area contributed by atoms with Crippen LogP contribution >= 0.6 is 0 Å². The second kappa shape index (κ2) is 9.77. The van der Waals surface area contributed by atoms with Gasteiger partial charge in [0.05, 0.1) is 0 Å². The first-order chi connectivity index (χ1) is 11.6. The van der Waals surface area contributed by atoms with Crippen molar-refractivity contribution >= 4 is 5.91 Å². The highest BCUT2D eigenvalue weighted by molar-refractivity contribution is 5.76. The van der Waals surface area contributed by atoms with Crippen LogP contribution < -0.4 is 0 Å². The topological polar surface area (TPSA) is 36.4 Å². The van der Waals surface area contributed by atoms with E-state index in [1.807, 2.05) is 12.1 Å². The number of amides is 1. The first-order valence-corrected chi connectivity index (χ1v) is 9.54. The van der Waals surface area contributed by atoms with E-state index in [2.05, 4.69) is 35.6 Å². The Bertz CT molecular complexity index is 483.